The zero-order valence-electron chi connectivity index (χ0n) is 9.94. The highest BCUT2D eigenvalue weighted by atomic mass is 32.2. The molecule has 2 N–H and O–H groups in total. The molecule has 1 saturated carbocycles. The molecule has 1 heterocycles. The summed E-state index contributed by atoms with van der Waals surface area (Å²) >= 11 is 1.79. The van der Waals surface area contributed by atoms with Crippen LogP contribution in [0.1, 0.15) is 38.3 Å². The maximum Gasteiger partial charge on any atom is 0.189 e. The molecule has 4 heteroatoms. The molecule has 0 saturated heterocycles. The van der Waals surface area contributed by atoms with Gasteiger partial charge in [-0.1, -0.05) is 31.5 Å². The van der Waals surface area contributed by atoms with Crippen LogP contribution < -0.4 is 5.73 Å². The van der Waals surface area contributed by atoms with Crippen LogP contribution in [0.2, 0.25) is 0 Å². The highest BCUT2D eigenvalue weighted by molar-refractivity contribution is 7.99. The van der Waals surface area contributed by atoms with Crippen LogP contribution in [0.25, 0.3) is 0 Å². The molecule has 16 heavy (non-hydrogen) atoms. The number of nitrogen functional groups attached to an aromatic ring is 1. The zero-order chi connectivity index (χ0) is 11.5. The van der Waals surface area contributed by atoms with E-state index >= 15 is 0 Å². The molecular formula is C12H19N3S. The highest BCUT2D eigenvalue weighted by Gasteiger charge is 2.20. The minimum Gasteiger partial charge on any atom is -0.384 e. The van der Waals surface area contributed by atoms with Gasteiger partial charge in [0.2, 0.25) is 0 Å². The van der Waals surface area contributed by atoms with Crippen molar-refractivity contribution in [1.82, 2.24) is 9.97 Å². The van der Waals surface area contributed by atoms with E-state index in [0.29, 0.717) is 11.1 Å². The number of thioether (sulfide) groups is 1. The SMILES string of the molecule is Cc1cc(N)nc(SC2CCCC(C)C2)n1. The minimum absolute atomic E-state index is 0.582. The zero-order valence-corrected chi connectivity index (χ0v) is 10.8. The Kier molecular flexibility index (Phi) is 3.69. The number of aromatic nitrogens is 2. The Morgan fingerprint density at radius 1 is 1.38 bits per heavy atom. The van der Waals surface area contributed by atoms with E-state index in [9.17, 15) is 0 Å². The summed E-state index contributed by atoms with van der Waals surface area (Å²) in [6.07, 6.45) is 5.27. The maximum atomic E-state index is 5.73. The average molecular weight is 237 g/mol. The van der Waals surface area contributed by atoms with Crippen molar-refractivity contribution in [3.63, 3.8) is 0 Å². The third-order valence-corrected chi connectivity index (χ3v) is 4.17. The lowest BCUT2D eigenvalue weighted by atomic mass is 9.91. The molecule has 0 aliphatic heterocycles. The van der Waals surface area contributed by atoms with E-state index in [1.165, 1.54) is 25.7 Å². The van der Waals surface area contributed by atoms with Gasteiger partial charge in [-0.25, -0.2) is 9.97 Å². The fraction of sp³-hybridized carbons (Fsp3) is 0.667. The Hall–Kier alpha value is -0.770. The van der Waals surface area contributed by atoms with E-state index in [1.807, 2.05) is 13.0 Å². The van der Waals surface area contributed by atoms with E-state index in [1.54, 1.807) is 11.8 Å². The molecule has 1 aliphatic carbocycles. The number of aryl methyl sites for hydroxylation is 1. The van der Waals surface area contributed by atoms with E-state index < -0.39 is 0 Å². The molecule has 1 fully saturated rings. The summed E-state index contributed by atoms with van der Waals surface area (Å²) in [5.41, 5.74) is 6.68. The molecule has 0 aromatic carbocycles. The summed E-state index contributed by atoms with van der Waals surface area (Å²) in [5, 5.41) is 1.52. The standard InChI is InChI=1S/C12H19N3S/c1-8-4-3-5-10(6-8)16-12-14-9(2)7-11(13)15-12/h7-8,10H,3-6H2,1-2H3,(H2,13,14,15). The van der Waals surface area contributed by atoms with E-state index in [0.717, 1.165) is 16.8 Å². The van der Waals surface area contributed by atoms with E-state index in [2.05, 4.69) is 16.9 Å². The Balaban J connectivity index is 2.02. The molecule has 3 nitrogen and oxygen atoms in total. The smallest absolute Gasteiger partial charge is 0.189 e. The summed E-state index contributed by atoms with van der Waals surface area (Å²) in [4.78, 5) is 8.71. The van der Waals surface area contributed by atoms with E-state index in [-0.39, 0.29) is 0 Å². The van der Waals surface area contributed by atoms with Gasteiger partial charge in [-0.05, 0) is 25.7 Å². The first kappa shape index (κ1) is 11.7. The number of hydrogen-bond donors (Lipinski definition) is 1. The topological polar surface area (TPSA) is 51.8 Å². The molecule has 1 aromatic rings. The number of rotatable bonds is 2. The van der Waals surface area contributed by atoms with Gasteiger partial charge in [0, 0.05) is 17.0 Å². The normalized spacial score (nSPS) is 25.6. The van der Waals surface area contributed by atoms with Crippen molar-refractivity contribution in [1.29, 1.82) is 0 Å². The van der Waals surface area contributed by atoms with Crippen LogP contribution in [0, 0.1) is 12.8 Å². The van der Waals surface area contributed by atoms with Gasteiger partial charge in [0.1, 0.15) is 5.82 Å². The summed E-state index contributed by atoms with van der Waals surface area (Å²) in [5.74, 6) is 1.42. The second-order valence-corrected chi connectivity index (χ2v) is 6.00. The summed E-state index contributed by atoms with van der Waals surface area (Å²) in [6.45, 7) is 4.30. The molecule has 2 rings (SSSR count). The summed E-state index contributed by atoms with van der Waals surface area (Å²) in [6, 6.07) is 1.81. The van der Waals surface area contributed by atoms with Crippen molar-refractivity contribution >= 4 is 17.6 Å². The number of hydrogen-bond acceptors (Lipinski definition) is 4. The first-order valence-corrected chi connectivity index (χ1v) is 6.79. The summed E-state index contributed by atoms with van der Waals surface area (Å²) < 4.78 is 0. The molecular weight excluding hydrogens is 218 g/mol. The summed E-state index contributed by atoms with van der Waals surface area (Å²) in [7, 11) is 0. The lowest BCUT2D eigenvalue weighted by Gasteiger charge is -2.25. The van der Waals surface area contributed by atoms with Crippen LogP contribution in [0.4, 0.5) is 5.82 Å². The van der Waals surface area contributed by atoms with Crippen LogP contribution in [0.15, 0.2) is 11.2 Å². The molecule has 1 aromatic heterocycles. The van der Waals surface area contributed by atoms with Crippen LogP contribution >= 0.6 is 11.8 Å². The van der Waals surface area contributed by atoms with Crippen molar-refractivity contribution in [3.8, 4) is 0 Å². The monoisotopic (exact) mass is 237 g/mol. The predicted octanol–water partition coefficient (Wildman–Crippen LogP) is 3.04. The average Bonchev–Trinajstić information content (AvgIpc) is 2.15. The molecule has 2 unspecified atom stereocenters. The van der Waals surface area contributed by atoms with Crippen molar-refractivity contribution in [3.05, 3.63) is 11.8 Å². The highest BCUT2D eigenvalue weighted by Crippen LogP contribution is 2.34. The van der Waals surface area contributed by atoms with Crippen molar-refractivity contribution in [2.24, 2.45) is 5.92 Å². The maximum absolute atomic E-state index is 5.73. The van der Waals surface area contributed by atoms with Crippen LogP contribution in [-0.2, 0) is 0 Å². The van der Waals surface area contributed by atoms with Crippen molar-refractivity contribution in [2.75, 3.05) is 5.73 Å². The first-order valence-electron chi connectivity index (χ1n) is 5.91. The quantitative estimate of drug-likeness (QED) is 0.803. The van der Waals surface area contributed by atoms with Crippen LogP contribution in [-0.4, -0.2) is 15.2 Å². The number of nitrogens with two attached hydrogens (primary N) is 1. The van der Waals surface area contributed by atoms with Crippen molar-refractivity contribution in [2.45, 2.75) is 49.9 Å². The molecule has 0 spiro atoms. The first-order chi connectivity index (χ1) is 7.63. The number of anilines is 1. The fourth-order valence-corrected chi connectivity index (χ4v) is 3.61. The van der Waals surface area contributed by atoms with Crippen LogP contribution in [0.3, 0.4) is 0 Å². The van der Waals surface area contributed by atoms with Gasteiger partial charge >= 0.3 is 0 Å². The van der Waals surface area contributed by atoms with Crippen LogP contribution in [0.5, 0.6) is 0 Å². The third kappa shape index (κ3) is 3.11. The number of nitrogens with zero attached hydrogens (tertiary/aromatic N) is 2. The predicted molar refractivity (Wildman–Crippen MR) is 68.5 cm³/mol. The second-order valence-electron chi connectivity index (χ2n) is 4.73. The molecule has 1 aliphatic rings. The minimum atomic E-state index is 0.582. The van der Waals surface area contributed by atoms with Gasteiger partial charge in [0.15, 0.2) is 5.16 Å². The van der Waals surface area contributed by atoms with Gasteiger partial charge in [0.05, 0.1) is 0 Å². The molecule has 2 atom stereocenters. The molecule has 0 bridgehead atoms. The Bertz CT molecular complexity index is 347. The molecule has 0 amide bonds. The Labute approximate surface area is 101 Å². The van der Waals surface area contributed by atoms with E-state index in [4.69, 9.17) is 5.73 Å². The lowest BCUT2D eigenvalue weighted by molar-refractivity contribution is 0.394. The van der Waals surface area contributed by atoms with Crippen molar-refractivity contribution < 1.29 is 0 Å². The lowest BCUT2D eigenvalue weighted by Crippen LogP contribution is -2.15. The fourth-order valence-electron chi connectivity index (χ4n) is 2.25. The Morgan fingerprint density at radius 3 is 2.88 bits per heavy atom. The van der Waals surface area contributed by atoms with Gasteiger partial charge < -0.3 is 5.73 Å². The van der Waals surface area contributed by atoms with Gasteiger partial charge in [-0.2, -0.15) is 0 Å². The second kappa shape index (κ2) is 5.04. The van der Waals surface area contributed by atoms with Gasteiger partial charge in [0.25, 0.3) is 0 Å². The van der Waals surface area contributed by atoms with Gasteiger partial charge in [-0.3, -0.25) is 0 Å². The Morgan fingerprint density at radius 2 is 2.19 bits per heavy atom. The molecule has 0 radical (unpaired) electrons. The molecule has 88 valence electrons. The van der Waals surface area contributed by atoms with Gasteiger partial charge in [-0.15, -0.1) is 0 Å². The largest absolute Gasteiger partial charge is 0.384 e. The third-order valence-electron chi connectivity index (χ3n) is 3.01.